The molecule has 86 valence electrons. The standard InChI is InChI=1S/C12H14INO2/c1-16-12(15)11-7-14-6-10(11)8-3-2-4-9(13)5-8/h2-5,10-11,14H,6-7H2,1H3. The maximum absolute atomic E-state index is 11.6. The molecule has 1 fully saturated rings. The van der Waals surface area contributed by atoms with Crippen molar-refractivity contribution < 1.29 is 9.53 Å². The smallest absolute Gasteiger partial charge is 0.310 e. The van der Waals surface area contributed by atoms with Crippen LogP contribution in [0.1, 0.15) is 11.5 Å². The van der Waals surface area contributed by atoms with Crippen molar-refractivity contribution in [2.45, 2.75) is 5.92 Å². The molecular weight excluding hydrogens is 317 g/mol. The zero-order valence-electron chi connectivity index (χ0n) is 9.07. The van der Waals surface area contributed by atoms with Crippen LogP contribution in [0.3, 0.4) is 0 Å². The number of hydrogen-bond acceptors (Lipinski definition) is 3. The highest BCUT2D eigenvalue weighted by atomic mass is 127. The predicted octanol–water partition coefficient (Wildman–Crippen LogP) is 1.77. The van der Waals surface area contributed by atoms with Crippen LogP contribution in [0, 0.1) is 9.49 Å². The van der Waals surface area contributed by atoms with Gasteiger partial charge in [0.25, 0.3) is 0 Å². The molecule has 1 aromatic rings. The number of carbonyl (C=O) groups excluding carboxylic acids is 1. The van der Waals surface area contributed by atoms with Crippen molar-refractivity contribution in [2.75, 3.05) is 20.2 Å². The lowest BCUT2D eigenvalue weighted by Gasteiger charge is -2.16. The summed E-state index contributed by atoms with van der Waals surface area (Å²) >= 11 is 2.29. The summed E-state index contributed by atoms with van der Waals surface area (Å²) in [5.74, 6) is 0.0687. The normalized spacial score (nSPS) is 24.4. The molecule has 1 N–H and O–H groups in total. The van der Waals surface area contributed by atoms with Gasteiger partial charge in [-0.3, -0.25) is 4.79 Å². The molecule has 0 amide bonds. The van der Waals surface area contributed by atoms with Crippen molar-refractivity contribution in [1.82, 2.24) is 5.32 Å². The first-order valence-electron chi connectivity index (χ1n) is 5.26. The van der Waals surface area contributed by atoms with E-state index >= 15 is 0 Å². The summed E-state index contributed by atoms with van der Waals surface area (Å²) in [6, 6.07) is 8.30. The topological polar surface area (TPSA) is 38.3 Å². The van der Waals surface area contributed by atoms with Crippen LogP contribution >= 0.6 is 22.6 Å². The van der Waals surface area contributed by atoms with Gasteiger partial charge < -0.3 is 10.1 Å². The van der Waals surface area contributed by atoms with E-state index in [-0.39, 0.29) is 17.8 Å². The van der Waals surface area contributed by atoms with Gasteiger partial charge in [-0.2, -0.15) is 0 Å². The van der Waals surface area contributed by atoms with Crippen LogP contribution in [0.5, 0.6) is 0 Å². The number of hydrogen-bond donors (Lipinski definition) is 1. The van der Waals surface area contributed by atoms with Gasteiger partial charge in [-0.25, -0.2) is 0 Å². The van der Waals surface area contributed by atoms with Crippen molar-refractivity contribution >= 4 is 28.6 Å². The van der Waals surface area contributed by atoms with Gasteiger partial charge in [-0.15, -0.1) is 0 Å². The molecule has 0 aromatic heterocycles. The van der Waals surface area contributed by atoms with Crippen LogP contribution in [-0.4, -0.2) is 26.2 Å². The Bertz CT molecular complexity index is 394. The molecule has 0 spiro atoms. The van der Waals surface area contributed by atoms with Gasteiger partial charge in [0, 0.05) is 22.6 Å². The second-order valence-corrected chi connectivity index (χ2v) is 5.20. The van der Waals surface area contributed by atoms with E-state index < -0.39 is 0 Å². The van der Waals surface area contributed by atoms with E-state index in [4.69, 9.17) is 4.74 Å². The van der Waals surface area contributed by atoms with E-state index in [9.17, 15) is 4.79 Å². The fourth-order valence-corrected chi connectivity index (χ4v) is 2.73. The molecule has 2 unspecified atom stereocenters. The Kier molecular flexibility index (Phi) is 3.81. The zero-order chi connectivity index (χ0) is 11.5. The molecule has 2 rings (SSSR count). The zero-order valence-corrected chi connectivity index (χ0v) is 11.2. The van der Waals surface area contributed by atoms with Crippen molar-refractivity contribution in [3.63, 3.8) is 0 Å². The lowest BCUT2D eigenvalue weighted by molar-refractivity contribution is -0.145. The summed E-state index contributed by atoms with van der Waals surface area (Å²) in [4.78, 5) is 11.6. The third kappa shape index (κ3) is 2.38. The quantitative estimate of drug-likeness (QED) is 0.663. The second kappa shape index (κ2) is 5.14. The van der Waals surface area contributed by atoms with Crippen LogP contribution < -0.4 is 5.32 Å². The first-order valence-corrected chi connectivity index (χ1v) is 6.34. The van der Waals surface area contributed by atoms with Gasteiger partial charge in [-0.05, 0) is 40.3 Å². The Hall–Kier alpha value is -0.620. The molecule has 1 saturated heterocycles. The average Bonchev–Trinajstić information content (AvgIpc) is 2.77. The molecule has 0 radical (unpaired) electrons. The number of nitrogens with one attached hydrogen (secondary N) is 1. The van der Waals surface area contributed by atoms with Crippen molar-refractivity contribution in [3.8, 4) is 0 Å². The molecular formula is C12H14INO2. The molecule has 1 heterocycles. The first-order chi connectivity index (χ1) is 7.72. The Balaban J connectivity index is 2.23. The minimum absolute atomic E-state index is 0.0526. The number of rotatable bonds is 2. The largest absolute Gasteiger partial charge is 0.469 e. The fourth-order valence-electron chi connectivity index (χ4n) is 2.17. The predicted molar refractivity (Wildman–Crippen MR) is 70.3 cm³/mol. The maximum atomic E-state index is 11.6. The minimum atomic E-state index is -0.117. The van der Waals surface area contributed by atoms with Crippen molar-refractivity contribution in [3.05, 3.63) is 33.4 Å². The van der Waals surface area contributed by atoms with Crippen LogP contribution in [0.2, 0.25) is 0 Å². The molecule has 1 aliphatic rings. The van der Waals surface area contributed by atoms with Gasteiger partial charge in [0.2, 0.25) is 0 Å². The molecule has 0 aliphatic carbocycles. The van der Waals surface area contributed by atoms with Crippen molar-refractivity contribution in [1.29, 1.82) is 0 Å². The Labute approximate surface area is 109 Å². The number of halogens is 1. The Morgan fingerprint density at radius 1 is 1.50 bits per heavy atom. The number of benzene rings is 1. The molecule has 4 heteroatoms. The maximum Gasteiger partial charge on any atom is 0.310 e. The third-order valence-corrected chi connectivity index (χ3v) is 3.67. The molecule has 0 saturated carbocycles. The van der Waals surface area contributed by atoms with E-state index in [1.807, 2.05) is 6.07 Å². The van der Waals surface area contributed by atoms with E-state index in [1.165, 1.54) is 16.2 Å². The molecule has 2 atom stereocenters. The van der Waals surface area contributed by atoms with Crippen LogP contribution in [0.15, 0.2) is 24.3 Å². The van der Waals surface area contributed by atoms with Gasteiger partial charge in [0.1, 0.15) is 0 Å². The highest BCUT2D eigenvalue weighted by Crippen LogP contribution is 2.29. The van der Waals surface area contributed by atoms with E-state index in [1.54, 1.807) is 0 Å². The number of carbonyl (C=O) groups is 1. The number of esters is 1. The Morgan fingerprint density at radius 3 is 3.00 bits per heavy atom. The van der Waals surface area contributed by atoms with Gasteiger partial charge in [-0.1, -0.05) is 12.1 Å². The van der Waals surface area contributed by atoms with Gasteiger partial charge >= 0.3 is 5.97 Å². The highest BCUT2D eigenvalue weighted by Gasteiger charge is 2.34. The number of methoxy groups -OCH3 is 1. The summed E-state index contributed by atoms with van der Waals surface area (Å²) in [6.07, 6.45) is 0. The molecule has 0 bridgehead atoms. The lowest BCUT2D eigenvalue weighted by atomic mass is 9.89. The van der Waals surface area contributed by atoms with Crippen LogP contribution in [0.25, 0.3) is 0 Å². The van der Waals surface area contributed by atoms with Crippen LogP contribution in [0.4, 0.5) is 0 Å². The summed E-state index contributed by atoms with van der Waals surface area (Å²) in [5.41, 5.74) is 1.22. The summed E-state index contributed by atoms with van der Waals surface area (Å²) in [6.45, 7) is 1.56. The summed E-state index contributed by atoms with van der Waals surface area (Å²) in [7, 11) is 1.45. The molecule has 3 nitrogen and oxygen atoms in total. The fraction of sp³-hybridized carbons (Fsp3) is 0.417. The van der Waals surface area contributed by atoms with E-state index in [0.717, 1.165) is 6.54 Å². The van der Waals surface area contributed by atoms with Crippen LogP contribution in [-0.2, 0) is 9.53 Å². The molecule has 1 aliphatic heterocycles. The van der Waals surface area contributed by atoms with E-state index in [0.29, 0.717) is 6.54 Å². The summed E-state index contributed by atoms with van der Waals surface area (Å²) in [5, 5.41) is 3.25. The molecule has 1 aromatic carbocycles. The van der Waals surface area contributed by atoms with Gasteiger partial charge in [0.15, 0.2) is 0 Å². The average molecular weight is 331 g/mol. The summed E-state index contributed by atoms with van der Waals surface area (Å²) < 4.78 is 6.03. The molecule has 16 heavy (non-hydrogen) atoms. The SMILES string of the molecule is COC(=O)C1CNCC1c1cccc(I)c1. The van der Waals surface area contributed by atoms with Gasteiger partial charge in [0.05, 0.1) is 13.0 Å². The highest BCUT2D eigenvalue weighted by molar-refractivity contribution is 14.1. The minimum Gasteiger partial charge on any atom is -0.469 e. The monoisotopic (exact) mass is 331 g/mol. The number of ether oxygens (including phenoxy) is 1. The van der Waals surface area contributed by atoms with E-state index in [2.05, 4.69) is 46.1 Å². The van der Waals surface area contributed by atoms with Crippen molar-refractivity contribution in [2.24, 2.45) is 5.92 Å². The lowest BCUT2D eigenvalue weighted by Crippen LogP contribution is -2.22. The second-order valence-electron chi connectivity index (χ2n) is 3.95. The third-order valence-electron chi connectivity index (χ3n) is 2.99. The Morgan fingerprint density at radius 2 is 2.31 bits per heavy atom. The first kappa shape index (κ1) is 11.9.